The molecule has 1 aromatic heterocycles. The van der Waals surface area contributed by atoms with E-state index >= 15 is 0 Å². The SMILES string of the molecule is COc1ccccc1N1CCN(c2ccnc(C(=O)NC3CCCCC3)c2)CC1. The van der Waals surface area contributed by atoms with Gasteiger partial charge in [0.25, 0.3) is 5.91 Å². The number of aromatic nitrogens is 1. The van der Waals surface area contributed by atoms with Crippen LogP contribution in [0.3, 0.4) is 0 Å². The first-order valence-corrected chi connectivity index (χ1v) is 10.6. The fourth-order valence-corrected chi connectivity index (χ4v) is 4.34. The number of carbonyl (C=O) groups excluding carboxylic acids is 1. The van der Waals surface area contributed by atoms with Gasteiger partial charge in [-0.15, -0.1) is 0 Å². The van der Waals surface area contributed by atoms with Gasteiger partial charge in [-0.25, -0.2) is 0 Å². The molecule has 6 nitrogen and oxygen atoms in total. The molecule has 154 valence electrons. The Hall–Kier alpha value is -2.76. The molecule has 2 aliphatic rings. The van der Waals surface area contributed by atoms with Gasteiger partial charge in [0, 0.05) is 44.1 Å². The highest BCUT2D eigenvalue weighted by molar-refractivity contribution is 5.93. The fourth-order valence-electron chi connectivity index (χ4n) is 4.34. The zero-order valence-corrected chi connectivity index (χ0v) is 17.1. The molecule has 1 aliphatic carbocycles. The second-order valence-corrected chi connectivity index (χ2v) is 7.85. The summed E-state index contributed by atoms with van der Waals surface area (Å²) in [6.45, 7) is 3.61. The quantitative estimate of drug-likeness (QED) is 0.841. The lowest BCUT2D eigenvalue weighted by atomic mass is 9.95. The molecule has 1 aromatic carbocycles. The maximum atomic E-state index is 12.6. The molecule has 1 amide bonds. The minimum absolute atomic E-state index is 0.0496. The average molecular weight is 395 g/mol. The number of pyridine rings is 1. The number of piperazine rings is 1. The summed E-state index contributed by atoms with van der Waals surface area (Å²) in [6, 6.07) is 12.4. The molecular weight excluding hydrogens is 364 g/mol. The number of amides is 1. The standard InChI is InChI=1S/C23H30N4O2/c1-29-22-10-6-5-9-21(22)27-15-13-26(14-16-27)19-11-12-24-20(17-19)23(28)25-18-7-3-2-4-8-18/h5-6,9-12,17-18H,2-4,7-8,13-16H2,1H3,(H,25,28). The number of rotatable bonds is 5. The minimum atomic E-state index is -0.0496. The maximum Gasteiger partial charge on any atom is 0.270 e. The lowest BCUT2D eigenvalue weighted by Crippen LogP contribution is -2.46. The Bertz CT molecular complexity index is 827. The monoisotopic (exact) mass is 394 g/mol. The molecule has 2 heterocycles. The minimum Gasteiger partial charge on any atom is -0.495 e. The molecule has 0 atom stereocenters. The number of methoxy groups -OCH3 is 1. The third-order valence-corrected chi connectivity index (χ3v) is 5.99. The van der Waals surface area contributed by atoms with Crippen LogP contribution in [0.25, 0.3) is 0 Å². The Morgan fingerprint density at radius 2 is 1.76 bits per heavy atom. The first-order valence-electron chi connectivity index (χ1n) is 10.6. The van der Waals surface area contributed by atoms with Crippen molar-refractivity contribution in [2.24, 2.45) is 0 Å². The lowest BCUT2D eigenvalue weighted by molar-refractivity contribution is 0.0922. The Balaban J connectivity index is 1.38. The number of anilines is 2. The predicted molar refractivity (Wildman–Crippen MR) is 116 cm³/mol. The summed E-state index contributed by atoms with van der Waals surface area (Å²) < 4.78 is 5.51. The fraction of sp³-hybridized carbons (Fsp3) is 0.478. The van der Waals surface area contributed by atoms with E-state index in [4.69, 9.17) is 4.74 Å². The van der Waals surface area contributed by atoms with Gasteiger partial charge in [-0.1, -0.05) is 31.4 Å². The topological polar surface area (TPSA) is 57.7 Å². The maximum absolute atomic E-state index is 12.6. The van der Waals surface area contributed by atoms with Gasteiger partial charge in [0.1, 0.15) is 11.4 Å². The summed E-state index contributed by atoms with van der Waals surface area (Å²) in [5.41, 5.74) is 2.71. The molecule has 2 fully saturated rings. The summed E-state index contributed by atoms with van der Waals surface area (Å²) in [5, 5.41) is 3.16. The van der Waals surface area contributed by atoms with Crippen molar-refractivity contribution in [1.82, 2.24) is 10.3 Å². The Kier molecular flexibility index (Phi) is 6.17. The van der Waals surface area contributed by atoms with Crippen LogP contribution in [0.1, 0.15) is 42.6 Å². The van der Waals surface area contributed by atoms with Crippen molar-refractivity contribution in [3.63, 3.8) is 0 Å². The van der Waals surface area contributed by atoms with E-state index in [2.05, 4.69) is 26.2 Å². The Morgan fingerprint density at radius 1 is 1.03 bits per heavy atom. The van der Waals surface area contributed by atoms with Gasteiger partial charge >= 0.3 is 0 Å². The molecule has 0 radical (unpaired) electrons. The molecule has 1 saturated carbocycles. The van der Waals surface area contributed by atoms with E-state index in [-0.39, 0.29) is 5.91 Å². The van der Waals surface area contributed by atoms with E-state index < -0.39 is 0 Å². The van der Waals surface area contributed by atoms with Crippen LogP contribution in [0.2, 0.25) is 0 Å². The summed E-state index contributed by atoms with van der Waals surface area (Å²) in [5.74, 6) is 0.859. The molecule has 6 heteroatoms. The number of benzene rings is 1. The molecule has 1 aliphatic heterocycles. The van der Waals surface area contributed by atoms with E-state index in [0.29, 0.717) is 11.7 Å². The van der Waals surface area contributed by atoms with E-state index in [1.54, 1.807) is 13.3 Å². The number of carbonyl (C=O) groups is 1. The molecule has 0 unspecified atom stereocenters. The van der Waals surface area contributed by atoms with Gasteiger partial charge < -0.3 is 19.9 Å². The van der Waals surface area contributed by atoms with Crippen molar-refractivity contribution in [2.75, 3.05) is 43.1 Å². The highest BCUT2D eigenvalue weighted by Crippen LogP contribution is 2.29. The van der Waals surface area contributed by atoms with Crippen LogP contribution in [0.15, 0.2) is 42.6 Å². The van der Waals surface area contributed by atoms with Crippen molar-refractivity contribution in [2.45, 2.75) is 38.1 Å². The van der Waals surface area contributed by atoms with E-state index in [0.717, 1.165) is 56.1 Å². The second kappa shape index (κ2) is 9.16. The number of hydrogen-bond acceptors (Lipinski definition) is 5. The zero-order chi connectivity index (χ0) is 20.1. The summed E-state index contributed by atoms with van der Waals surface area (Å²) >= 11 is 0. The van der Waals surface area contributed by atoms with Crippen molar-refractivity contribution in [3.8, 4) is 5.75 Å². The lowest BCUT2D eigenvalue weighted by Gasteiger charge is -2.37. The third-order valence-electron chi connectivity index (χ3n) is 5.99. The van der Waals surface area contributed by atoms with Crippen LogP contribution in [0.4, 0.5) is 11.4 Å². The number of hydrogen-bond donors (Lipinski definition) is 1. The number of para-hydroxylation sites is 2. The molecule has 1 N–H and O–H groups in total. The van der Waals surface area contributed by atoms with Gasteiger partial charge in [-0.2, -0.15) is 0 Å². The van der Waals surface area contributed by atoms with Crippen LogP contribution in [0.5, 0.6) is 5.75 Å². The van der Waals surface area contributed by atoms with Crippen molar-refractivity contribution >= 4 is 17.3 Å². The Labute approximate surface area is 172 Å². The molecule has 2 aromatic rings. The van der Waals surface area contributed by atoms with Crippen molar-refractivity contribution in [3.05, 3.63) is 48.3 Å². The zero-order valence-electron chi connectivity index (χ0n) is 17.1. The third kappa shape index (κ3) is 4.63. The Morgan fingerprint density at radius 3 is 2.52 bits per heavy atom. The first kappa shape index (κ1) is 19.6. The first-order chi connectivity index (χ1) is 14.2. The van der Waals surface area contributed by atoms with Crippen LogP contribution in [-0.4, -0.2) is 50.2 Å². The number of nitrogens with zero attached hydrogens (tertiary/aromatic N) is 3. The summed E-state index contributed by atoms with van der Waals surface area (Å²) in [6.07, 6.45) is 7.59. The summed E-state index contributed by atoms with van der Waals surface area (Å²) in [4.78, 5) is 21.6. The van der Waals surface area contributed by atoms with Gasteiger partial charge in [0.2, 0.25) is 0 Å². The van der Waals surface area contributed by atoms with Gasteiger partial charge in [-0.3, -0.25) is 9.78 Å². The van der Waals surface area contributed by atoms with E-state index in [9.17, 15) is 4.79 Å². The molecule has 1 saturated heterocycles. The molecule has 29 heavy (non-hydrogen) atoms. The van der Waals surface area contributed by atoms with Gasteiger partial charge in [-0.05, 0) is 37.1 Å². The average Bonchev–Trinajstić information content (AvgIpc) is 2.80. The number of ether oxygens (including phenoxy) is 1. The van der Waals surface area contributed by atoms with Gasteiger partial charge in [0.15, 0.2) is 0 Å². The highest BCUT2D eigenvalue weighted by atomic mass is 16.5. The van der Waals surface area contributed by atoms with Crippen molar-refractivity contribution < 1.29 is 9.53 Å². The molecule has 4 rings (SSSR count). The molecule has 0 spiro atoms. The summed E-state index contributed by atoms with van der Waals surface area (Å²) in [7, 11) is 1.71. The normalized spacial score (nSPS) is 17.8. The van der Waals surface area contributed by atoms with Crippen molar-refractivity contribution in [1.29, 1.82) is 0 Å². The largest absolute Gasteiger partial charge is 0.495 e. The molecule has 0 bridgehead atoms. The smallest absolute Gasteiger partial charge is 0.270 e. The van der Waals surface area contributed by atoms with Crippen LogP contribution in [0, 0.1) is 0 Å². The van der Waals surface area contributed by atoms with Crippen LogP contribution < -0.4 is 19.9 Å². The van der Waals surface area contributed by atoms with Crippen LogP contribution in [-0.2, 0) is 0 Å². The highest BCUT2D eigenvalue weighted by Gasteiger charge is 2.22. The second-order valence-electron chi connectivity index (χ2n) is 7.85. The van der Waals surface area contributed by atoms with E-state index in [1.165, 1.54) is 19.3 Å². The predicted octanol–water partition coefficient (Wildman–Crippen LogP) is 3.48. The van der Waals surface area contributed by atoms with Gasteiger partial charge in [0.05, 0.1) is 12.8 Å². The van der Waals surface area contributed by atoms with E-state index in [1.807, 2.05) is 30.3 Å². The molecular formula is C23H30N4O2. The number of nitrogens with one attached hydrogen (secondary N) is 1. The van der Waals surface area contributed by atoms with Crippen LogP contribution >= 0.6 is 0 Å².